The predicted molar refractivity (Wildman–Crippen MR) is 89.3 cm³/mol. The van der Waals surface area contributed by atoms with E-state index in [-0.39, 0.29) is 23.6 Å². The molecule has 1 amide bonds. The van der Waals surface area contributed by atoms with Crippen LogP contribution in [0.5, 0.6) is 0 Å². The monoisotopic (exact) mass is 340 g/mol. The molecule has 0 saturated carbocycles. The summed E-state index contributed by atoms with van der Waals surface area (Å²) in [5.74, 6) is -0.236. The lowest BCUT2D eigenvalue weighted by atomic mass is 10.0. The lowest BCUT2D eigenvalue weighted by Crippen LogP contribution is -2.55. The molecular weight excluding hydrogens is 314 g/mol. The topological polar surface area (TPSA) is 43.8 Å². The molecule has 1 unspecified atom stereocenters. The summed E-state index contributed by atoms with van der Waals surface area (Å²) in [7, 11) is 1.73. The Bertz CT molecular complexity index is 548. The van der Waals surface area contributed by atoms with E-state index in [9.17, 15) is 18.7 Å². The zero-order valence-corrected chi connectivity index (χ0v) is 14.3. The van der Waals surface area contributed by atoms with Crippen molar-refractivity contribution in [3.8, 4) is 0 Å². The van der Waals surface area contributed by atoms with Crippen LogP contribution in [0.1, 0.15) is 48.5 Å². The van der Waals surface area contributed by atoms with E-state index in [0.717, 1.165) is 19.3 Å². The number of hydrogen-bond acceptors (Lipinski definition) is 3. The maximum atomic E-state index is 12.8. The number of likely N-dealkylation sites (tertiary alicyclic amines) is 1. The van der Waals surface area contributed by atoms with Crippen LogP contribution in [0.2, 0.25) is 0 Å². The summed E-state index contributed by atoms with van der Waals surface area (Å²) in [4.78, 5) is 16.5. The van der Waals surface area contributed by atoms with E-state index < -0.39 is 6.43 Å². The largest absolute Gasteiger partial charge is 0.390 e. The molecule has 1 aromatic rings. The third-order valence-electron chi connectivity index (χ3n) is 4.55. The maximum absolute atomic E-state index is 12.8. The van der Waals surface area contributed by atoms with Crippen molar-refractivity contribution in [2.24, 2.45) is 0 Å². The Kier molecular flexibility index (Phi) is 6.69. The van der Waals surface area contributed by atoms with Gasteiger partial charge in [-0.2, -0.15) is 0 Å². The number of β-amino-alcohol motifs (C(OH)–C–C–N with tert-alkyl or cyclic N) is 1. The molecule has 134 valence electrons. The first-order valence-corrected chi connectivity index (χ1v) is 8.48. The summed E-state index contributed by atoms with van der Waals surface area (Å²) in [6, 6.07) is 5.69. The average Bonchev–Trinajstić information content (AvgIpc) is 2.55. The molecule has 0 spiro atoms. The van der Waals surface area contributed by atoms with Gasteiger partial charge in [-0.1, -0.05) is 31.9 Å². The van der Waals surface area contributed by atoms with Crippen molar-refractivity contribution in [1.82, 2.24) is 9.80 Å². The fourth-order valence-corrected chi connectivity index (χ4v) is 3.01. The van der Waals surface area contributed by atoms with Crippen molar-refractivity contribution < 1.29 is 18.7 Å². The molecular formula is C18H26F2N2O2. The number of likely N-dealkylation sites (N-methyl/N-ethyl adjacent to an activating group) is 1. The van der Waals surface area contributed by atoms with E-state index in [0.29, 0.717) is 25.2 Å². The third-order valence-corrected chi connectivity index (χ3v) is 4.55. The summed E-state index contributed by atoms with van der Waals surface area (Å²) in [5.41, 5.74) is 0.158. The van der Waals surface area contributed by atoms with Crippen molar-refractivity contribution in [1.29, 1.82) is 0 Å². The van der Waals surface area contributed by atoms with Gasteiger partial charge in [0.2, 0.25) is 0 Å². The summed E-state index contributed by atoms with van der Waals surface area (Å²) < 4.78 is 25.7. The van der Waals surface area contributed by atoms with Crippen LogP contribution >= 0.6 is 0 Å². The second-order valence-corrected chi connectivity index (χ2v) is 6.51. The van der Waals surface area contributed by atoms with E-state index in [2.05, 4.69) is 11.8 Å². The number of aliphatic hydroxyl groups is 1. The maximum Gasteiger partial charge on any atom is 0.263 e. The van der Waals surface area contributed by atoms with Crippen molar-refractivity contribution in [3.63, 3.8) is 0 Å². The Labute approximate surface area is 142 Å². The molecule has 1 fully saturated rings. The van der Waals surface area contributed by atoms with E-state index in [4.69, 9.17) is 0 Å². The van der Waals surface area contributed by atoms with Crippen LogP contribution in [0.3, 0.4) is 0 Å². The molecule has 1 heterocycles. The molecule has 0 bridgehead atoms. The van der Waals surface area contributed by atoms with Gasteiger partial charge in [0.15, 0.2) is 0 Å². The molecule has 1 saturated heterocycles. The van der Waals surface area contributed by atoms with Gasteiger partial charge < -0.3 is 10.0 Å². The molecule has 1 N–H and O–H groups in total. The molecule has 0 aliphatic carbocycles. The molecule has 1 atom stereocenters. The van der Waals surface area contributed by atoms with Gasteiger partial charge >= 0.3 is 0 Å². The number of carbonyl (C=O) groups is 1. The highest BCUT2D eigenvalue weighted by Crippen LogP contribution is 2.21. The molecule has 4 nitrogen and oxygen atoms in total. The second-order valence-electron chi connectivity index (χ2n) is 6.51. The number of amides is 1. The van der Waals surface area contributed by atoms with Gasteiger partial charge in [0.05, 0.1) is 6.10 Å². The highest BCUT2D eigenvalue weighted by Gasteiger charge is 2.29. The van der Waals surface area contributed by atoms with Gasteiger partial charge in [-0.25, -0.2) is 8.78 Å². The number of carbonyl (C=O) groups excluding carboxylic acids is 1. The summed E-state index contributed by atoms with van der Waals surface area (Å²) in [5, 5.41) is 9.42. The van der Waals surface area contributed by atoms with Crippen LogP contribution in [-0.4, -0.2) is 59.6 Å². The first-order chi connectivity index (χ1) is 11.4. The molecule has 6 heteroatoms. The first-order valence-electron chi connectivity index (χ1n) is 8.48. The van der Waals surface area contributed by atoms with E-state index >= 15 is 0 Å². The van der Waals surface area contributed by atoms with Crippen LogP contribution in [0, 0.1) is 0 Å². The lowest BCUT2D eigenvalue weighted by molar-refractivity contribution is -0.0114. The molecule has 2 rings (SSSR count). The normalized spacial score (nSPS) is 16.9. The zero-order chi connectivity index (χ0) is 17.7. The SMILES string of the molecule is CCCCC(CN1CC(O)C1)N(C)C(=O)c1cccc(C(F)F)c1. The summed E-state index contributed by atoms with van der Waals surface area (Å²) >= 11 is 0. The predicted octanol–water partition coefficient (Wildman–Crippen LogP) is 2.93. The number of nitrogens with zero attached hydrogens (tertiary/aromatic N) is 2. The minimum atomic E-state index is -2.58. The average molecular weight is 340 g/mol. The van der Waals surface area contributed by atoms with Crippen LogP contribution in [0.25, 0.3) is 0 Å². The van der Waals surface area contributed by atoms with Gasteiger partial charge in [0, 0.05) is 43.9 Å². The fraction of sp³-hybridized carbons (Fsp3) is 0.611. The van der Waals surface area contributed by atoms with Gasteiger partial charge in [0.1, 0.15) is 0 Å². The quantitative estimate of drug-likeness (QED) is 0.791. The zero-order valence-electron chi connectivity index (χ0n) is 14.3. The summed E-state index contributed by atoms with van der Waals surface area (Å²) in [6.07, 6.45) is 0.0274. The smallest absolute Gasteiger partial charge is 0.263 e. The minimum absolute atomic E-state index is 0.0140. The van der Waals surface area contributed by atoms with Crippen LogP contribution in [0.4, 0.5) is 8.78 Å². The van der Waals surface area contributed by atoms with Crippen LogP contribution < -0.4 is 0 Å². The Balaban J connectivity index is 2.07. The van der Waals surface area contributed by atoms with Gasteiger partial charge in [-0.3, -0.25) is 9.69 Å². The van der Waals surface area contributed by atoms with Crippen molar-refractivity contribution in [3.05, 3.63) is 35.4 Å². The molecule has 1 aliphatic heterocycles. The van der Waals surface area contributed by atoms with Crippen molar-refractivity contribution in [2.45, 2.75) is 44.8 Å². The van der Waals surface area contributed by atoms with E-state index in [1.54, 1.807) is 18.0 Å². The molecule has 24 heavy (non-hydrogen) atoms. The van der Waals surface area contributed by atoms with E-state index in [1.807, 2.05) is 0 Å². The second kappa shape index (κ2) is 8.53. The number of hydrogen-bond donors (Lipinski definition) is 1. The van der Waals surface area contributed by atoms with Crippen LogP contribution in [-0.2, 0) is 0 Å². The van der Waals surface area contributed by atoms with Gasteiger partial charge in [-0.05, 0) is 18.6 Å². The molecule has 1 aromatic carbocycles. The van der Waals surface area contributed by atoms with Gasteiger partial charge in [0.25, 0.3) is 12.3 Å². The Morgan fingerprint density at radius 2 is 2.12 bits per heavy atom. The Morgan fingerprint density at radius 3 is 2.71 bits per heavy atom. The van der Waals surface area contributed by atoms with Crippen LogP contribution in [0.15, 0.2) is 24.3 Å². The molecule has 1 aliphatic rings. The fourth-order valence-electron chi connectivity index (χ4n) is 3.01. The third kappa shape index (κ3) is 4.74. The van der Waals surface area contributed by atoms with E-state index in [1.165, 1.54) is 18.2 Å². The number of rotatable bonds is 8. The number of aliphatic hydroxyl groups excluding tert-OH is 1. The first kappa shape index (κ1) is 18.8. The van der Waals surface area contributed by atoms with Crippen molar-refractivity contribution in [2.75, 3.05) is 26.7 Å². The number of halogens is 2. The highest BCUT2D eigenvalue weighted by molar-refractivity contribution is 5.94. The number of alkyl halides is 2. The number of unbranched alkanes of at least 4 members (excludes halogenated alkanes) is 1. The number of benzene rings is 1. The lowest BCUT2D eigenvalue weighted by Gasteiger charge is -2.40. The Hall–Kier alpha value is -1.53. The molecule has 0 radical (unpaired) electrons. The summed E-state index contributed by atoms with van der Waals surface area (Å²) in [6.45, 7) is 4.06. The Morgan fingerprint density at radius 1 is 1.42 bits per heavy atom. The molecule has 0 aromatic heterocycles. The van der Waals surface area contributed by atoms with Crippen molar-refractivity contribution >= 4 is 5.91 Å². The van der Waals surface area contributed by atoms with Gasteiger partial charge in [-0.15, -0.1) is 0 Å². The standard InChI is InChI=1S/C18H26F2N2O2/c1-3-4-8-15(10-22-11-16(23)12-22)21(2)18(24)14-7-5-6-13(9-14)17(19)20/h5-7,9,15-17,23H,3-4,8,10-12H2,1-2H3. The minimum Gasteiger partial charge on any atom is -0.390 e. The highest BCUT2D eigenvalue weighted by atomic mass is 19.3.